The molecule has 20 heavy (non-hydrogen) atoms. The van der Waals surface area contributed by atoms with Crippen LogP contribution in [0.2, 0.25) is 0 Å². The van der Waals surface area contributed by atoms with Gasteiger partial charge in [0, 0.05) is 24.1 Å². The van der Waals surface area contributed by atoms with Crippen molar-refractivity contribution in [3.8, 4) is 0 Å². The van der Waals surface area contributed by atoms with E-state index in [9.17, 15) is 8.78 Å². The second kappa shape index (κ2) is 6.07. The van der Waals surface area contributed by atoms with Gasteiger partial charge in [-0.2, -0.15) is 8.78 Å². The Morgan fingerprint density at radius 1 is 1.35 bits per heavy atom. The van der Waals surface area contributed by atoms with E-state index in [4.69, 9.17) is 4.52 Å². The van der Waals surface area contributed by atoms with Crippen LogP contribution in [0, 0.1) is 0 Å². The number of ether oxygens (including phenoxy) is 1. The highest BCUT2D eigenvalue weighted by atomic mass is 79.9. The number of halogens is 3. The molecule has 112 valence electrons. The maximum absolute atomic E-state index is 12.2. The van der Waals surface area contributed by atoms with Crippen LogP contribution in [0.5, 0.6) is 0 Å². The molecule has 2 aliphatic carbocycles. The van der Waals surface area contributed by atoms with Gasteiger partial charge in [-0.3, -0.25) is 0 Å². The number of hydrogen-bond acceptors (Lipinski definition) is 4. The molecule has 0 aliphatic heterocycles. The molecule has 1 N–H and O–H groups in total. The summed E-state index contributed by atoms with van der Waals surface area (Å²) in [7, 11) is 0. The Morgan fingerprint density at radius 2 is 2.15 bits per heavy atom. The van der Waals surface area contributed by atoms with E-state index < -0.39 is 6.61 Å². The van der Waals surface area contributed by atoms with E-state index in [0.717, 1.165) is 35.2 Å². The van der Waals surface area contributed by atoms with Crippen molar-refractivity contribution in [3.05, 3.63) is 15.9 Å². The summed E-state index contributed by atoms with van der Waals surface area (Å²) < 4.78 is 35.0. The van der Waals surface area contributed by atoms with Crippen LogP contribution in [-0.2, 0) is 11.3 Å². The maximum Gasteiger partial charge on any atom is 0.345 e. The van der Waals surface area contributed by atoms with Gasteiger partial charge < -0.3 is 14.6 Å². The minimum atomic E-state index is -2.67. The summed E-state index contributed by atoms with van der Waals surface area (Å²) in [6, 6.07) is 0.215. The molecule has 0 bridgehead atoms. The molecular weight excluding hydrogens is 334 g/mol. The quantitative estimate of drug-likeness (QED) is 0.851. The molecule has 1 aromatic heterocycles. The monoisotopic (exact) mass is 350 g/mol. The average Bonchev–Trinajstić information content (AvgIpc) is 3.04. The van der Waals surface area contributed by atoms with E-state index in [1.165, 1.54) is 0 Å². The summed E-state index contributed by atoms with van der Waals surface area (Å²) in [5.41, 5.74) is 1.06. The zero-order valence-electron chi connectivity index (χ0n) is 10.9. The van der Waals surface area contributed by atoms with Crippen LogP contribution in [0.1, 0.15) is 49.3 Å². The Morgan fingerprint density at radius 3 is 2.85 bits per heavy atom. The summed E-state index contributed by atoms with van der Waals surface area (Å²) in [5.74, 6) is 1.46. The third-order valence-electron chi connectivity index (χ3n) is 3.97. The summed E-state index contributed by atoms with van der Waals surface area (Å²) in [6.07, 6.45) is 4.15. The fraction of sp³-hybridized carbons (Fsp3) is 0.769. The van der Waals surface area contributed by atoms with Crippen molar-refractivity contribution in [2.24, 2.45) is 0 Å². The van der Waals surface area contributed by atoms with Crippen molar-refractivity contribution in [2.45, 2.75) is 63.3 Å². The minimum Gasteiger partial charge on any atom is -0.360 e. The smallest absolute Gasteiger partial charge is 0.345 e. The number of nitrogens with one attached hydrogen (secondary N) is 1. The van der Waals surface area contributed by atoms with E-state index in [-0.39, 0.29) is 12.1 Å². The second-order valence-electron chi connectivity index (χ2n) is 5.50. The lowest BCUT2D eigenvalue weighted by molar-refractivity contribution is -0.160. The molecule has 2 fully saturated rings. The van der Waals surface area contributed by atoms with Crippen molar-refractivity contribution in [1.29, 1.82) is 0 Å². The molecule has 7 heteroatoms. The van der Waals surface area contributed by atoms with Crippen molar-refractivity contribution < 1.29 is 18.0 Å². The number of aromatic nitrogens is 1. The first kappa shape index (κ1) is 14.4. The Kier molecular flexibility index (Phi) is 4.37. The van der Waals surface area contributed by atoms with Crippen LogP contribution in [0.3, 0.4) is 0 Å². The summed E-state index contributed by atoms with van der Waals surface area (Å²) >= 11 is 3.40. The number of alkyl halides is 2. The molecular formula is C13H17BrF2N2O2. The third kappa shape index (κ3) is 3.38. The zero-order chi connectivity index (χ0) is 14.1. The zero-order valence-corrected chi connectivity index (χ0v) is 12.5. The first-order valence-electron chi connectivity index (χ1n) is 6.94. The Bertz CT molecular complexity index is 465. The normalized spacial score (nSPS) is 26.6. The number of hydrogen-bond donors (Lipinski definition) is 1. The van der Waals surface area contributed by atoms with Crippen LogP contribution in [0.25, 0.3) is 0 Å². The fourth-order valence-electron chi connectivity index (χ4n) is 2.77. The summed E-state index contributed by atoms with van der Waals surface area (Å²) in [5, 5.41) is 7.35. The van der Waals surface area contributed by atoms with Gasteiger partial charge in [-0.15, -0.1) is 0 Å². The van der Waals surface area contributed by atoms with Gasteiger partial charge in [-0.1, -0.05) is 5.16 Å². The molecule has 0 amide bonds. The lowest BCUT2D eigenvalue weighted by atomic mass is 10.1. The molecule has 2 aliphatic rings. The van der Waals surface area contributed by atoms with Crippen LogP contribution >= 0.6 is 15.9 Å². The van der Waals surface area contributed by atoms with Crippen molar-refractivity contribution in [2.75, 3.05) is 0 Å². The van der Waals surface area contributed by atoms with Gasteiger partial charge in [0.25, 0.3) is 0 Å². The highest BCUT2D eigenvalue weighted by molar-refractivity contribution is 9.10. The fourth-order valence-corrected chi connectivity index (χ4v) is 3.18. The first-order valence-corrected chi connectivity index (χ1v) is 7.73. The number of nitrogens with zero attached hydrogens (tertiary/aromatic N) is 1. The first-order chi connectivity index (χ1) is 9.63. The highest BCUT2D eigenvalue weighted by Gasteiger charge is 2.32. The second-order valence-corrected chi connectivity index (χ2v) is 6.25. The van der Waals surface area contributed by atoms with Gasteiger partial charge >= 0.3 is 6.61 Å². The summed E-state index contributed by atoms with van der Waals surface area (Å²) in [6.45, 7) is -2.02. The largest absolute Gasteiger partial charge is 0.360 e. The molecule has 1 aromatic rings. The van der Waals surface area contributed by atoms with Crippen molar-refractivity contribution >= 4 is 15.9 Å². The Balaban J connectivity index is 1.51. The topological polar surface area (TPSA) is 47.3 Å². The van der Waals surface area contributed by atoms with E-state index in [1.807, 2.05) is 0 Å². The molecule has 0 aromatic carbocycles. The van der Waals surface area contributed by atoms with E-state index in [0.29, 0.717) is 25.3 Å². The lowest BCUT2D eigenvalue weighted by Gasteiger charge is -2.13. The molecule has 4 nitrogen and oxygen atoms in total. The molecule has 1 heterocycles. The summed E-state index contributed by atoms with van der Waals surface area (Å²) in [4.78, 5) is 0. The van der Waals surface area contributed by atoms with E-state index in [1.54, 1.807) is 0 Å². The standard InChI is InChI=1S/C13H17BrF2N2O2/c14-12-10(11(20-18-12)7-1-2-7)6-17-8-3-4-9(5-8)19-13(15)16/h7-9,13,17H,1-6H2. The maximum atomic E-state index is 12.2. The van der Waals surface area contributed by atoms with Crippen LogP contribution < -0.4 is 5.32 Å². The molecule has 2 atom stereocenters. The minimum absolute atomic E-state index is 0.215. The van der Waals surface area contributed by atoms with Crippen LogP contribution in [0.15, 0.2) is 9.13 Å². The Labute approximate surface area is 124 Å². The highest BCUT2D eigenvalue weighted by Crippen LogP contribution is 2.43. The van der Waals surface area contributed by atoms with Gasteiger partial charge in [0.15, 0.2) is 4.60 Å². The lowest BCUT2D eigenvalue weighted by Crippen LogP contribution is -2.27. The van der Waals surface area contributed by atoms with E-state index >= 15 is 0 Å². The molecule has 0 radical (unpaired) electrons. The van der Waals surface area contributed by atoms with Crippen LogP contribution in [-0.4, -0.2) is 23.9 Å². The average molecular weight is 351 g/mol. The van der Waals surface area contributed by atoms with Crippen molar-refractivity contribution in [1.82, 2.24) is 10.5 Å². The predicted octanol–water partition coefficient (Wildman–Crippen LogP) is 3.56. The molecule has 0 spiro atoms. The van der Waals surface area contributed by atoms with Gasteiger partial charge in [0.1, 0.15) is 5.76 Å². The van der Waals surface area contributed by atoms with Gasteiger partial charge in [-0.25, -0.2) is 0 Å². The third-order valence-corrected chi connectivity index (χ3v) is 4.59. The molecule has 3 rings (SSSR count). The van der Waals surface area contributed by atoms with Crippen molar-refractivity contribution in [3.63, 3.8) is 0 Å². The molecule has 0 saturated heterocycles. The van der Waals surface area contributed by atoms with Gasteiger partial charge in [-0.05, 0) is 48.0 Å². The SMILES string of the molecule is FC(F)OC1CCC(NCc2c(Br)noc2C2CC2)C1. The predicted molar refractivity (Wildman–Crippen MR) is 71.5 cm³/mol. The van der Waals surface area contributed by atoms with E-state index in [2.05, 4.69) is 31.1 Å². The van der Waals surface area contributed by atoms with Crippen LogP contribution in [0.4, 0.5) is 8.78 Å². The van der Waals surface area contributed by atoms with Gasteiger partial charge in [0.05, 0.1) is 6.10 Å². The number of rotatable bonds is 6. The molecule has 2 unspecified atom stereocenters. The molecule has 2 saturated carbocycles. The Hall–Kier alpha value is -0.530. The van der Waals surface area contributed by atoms with Gasteiger partial charge in [0.2, 0.25) is 0 Å².